The molecule has 0 saturated heterocycles. The van der Waals surface area contributed by atoms with E-state index in [0.717, 1.165) is 6.42 Å². The normalized spacial score (nSPS) is 11.5. The lowest BCUT2D eigenvalue weighted by Crippen LogP contribution is -1.97. The summed E-state index contributed by atoms with van der Waals surface area (Å²) in [5.74, 6) is 0. The van der Waals surface area contributed by atoms with Crippen molar-refractivity contribution >= 4 is 43.1 Å². The molecule has 0 amide bonds. The Morgan fingerprint density at radius 3 is 1.49 bits per heavy atom. The lowest BCUT2D eigenvalue weighted by atomic mass is 9.85. The van der Waals surface area contributed by atoms with Crippen LogP contribution in [0.5, 0.6) is 0 Å². The van der Waals surface area contributed by atoms with Gasteiger partial charge in [-0.25, -0.2) is 0 Å². The highest BCUT2D eigenvalue weighted by molar-refractivity contribution is 6.16. The van der Waals surface area contributed by atoms with Gasteiger partial charge in [0.15, 0.2) is 0 Å². The van der Waals surface area contributed by atoms with Gasteiger partial charge in [0.2, 0.25) is 0 Å². The van der Waals surface area contributed by atoms with Crippen LogP contribution in [-0.2, 0) is 6.42 Å². The quantitative estimate of drug-likeness (QED) is 0.137. The molecule has 0 unspecified atom stereocenters. The van der Waals surface area contributed by atoms with Crippen molar-refractivity contribution in [3.05, 3.63) is 193 Å². The maximum Gasteiger partial charge on any atom is -0.000728 e. The minimum atomic E-state index is 0.861. The third kappa shape index (κ3) is 4.69. The first-order valence-corrected chi connectivity index (χ1v) is 16.4. The summed E-state index contributed by atoms with van der Waals surface area (Å²) in [5, 5.41) is 10.4. The van der Waals surface area contributed by atoms with E-state index in [2.05, 4.69) is 182 Å². The summed E-state index contributed by atoms with van der Waals surface area (Å²) >= 11 is 0. The average molecular weight is 597 g/mol. The highest BCUT2D eigenvalue weighted by Gasteiger charge is 2.17. The summed E-state index contributed by atoms with van der Waals surface area (Å²) in [4.78, 5) is 0. The lowest BCUT2D eigenvalue weighted by Gasteiger charge is -2.19. The van der Waals surface area contributed by atoms with Gasteiger partial charge in [0.1, 0.15) is 0 Å². The molecule has 0 atom stereocenters. The molecule has 0 aliphatic rings. The van der Waals surface area contributed by atoms with E-state index in [9.17, 15) is 0 Å². The van der Waals surface area contributed by atoms with E-state index in [4.69, 9.17) is 0 Å². The molecule has 0 aromatic heterocycles. The Hall–Kier alpha value is -5.98. The van der Waals surface area contributed by atoms with E-state index >= 15 is 0 Å². The summed E-state index contributed by atoms with van der Waals surface area (Å²) in [7, 11) is 0. The second kappa shape index (κ2) is 11.4. The maximum absolute atomic E-state index is 2.35. The zero-order valence-corrected chi connectivity index (χ0v) is 26.0. The lowest BCUT2D eigenvalue weighted by molar-refractivity contribution is 1.23. The van der Waals surface area contributed by atoms with E-state index < -0.39 is 0 Å². The van der Waals surface area contributed by atoms with Gasteiger partial charge in [0.25, 0.3) is 0 Å². The van der Waals surface area contributed by atoms with Crippen molar-refractivity contribution in [1.29, 1.82) is 0 Å². The van der Waals surface area contributed by atoms with Crippen LogP contribution in [-0.4, -0.2) is 0 Å². The molecule has 0 aliphatic carbocycles. The molecule has 220 valence electrons. The number of rotatable bonds is 5. The van der Waals surface area contributed by atoms with Crippen LogP contribution in [0, 0.1) is 0 Å². The Labute approximate surface area is 275 Å². The average Bonchev–Trinajstić information content (AvgIpc) is 3.15. The van der Waals surface area contributed by atoms with Crippen LogP contribution in [0.4, 0.5) is 0 Å². The fourth-order valence-electron chi connectivity index (χ4n) is 7.59. The van der Waals surface area contributed by atoms with E-state index in [1.165, 1.54) is 87.6 Å². The molecule has 0 aliphatic heterocycles. The molecule has 0 saturated carbocycles. The largest absolute Gasteiger partial charge is 0.0622 e. The summed E-state index contributed by atoms with van der Waals surface area (Å²) in [6.45, 7) is 0. The first kappa shape index (κ1) is 27.3. The first-order valence-electron chi connectivity index (χ1n) is 16.4. The molecule has 0 nitrogen and oxygen atoms in total. The number of hydrogen-bond acceptors (Lipinski definition) is 0. The van der Waals surface area contributed by atoms with Gasteiger partial charge in [0.05, 0.1) is 0 Å². The molecular weight excluding hydrogens is 565 g/mol. The van der Waals surface area contributed by atoms with Crippen molar-refractivity contribution < 1.29 is 0 Å². The predicted octanol–water partition coefficient (Wildman–Crippen LogP) is 12.9. The van der Waals surface area contributed by atoms with Gasteiger partial charge in [-0.15, -0.1) is 0 Å². The van der Waals surface area contributed by atoms with Crippen LogP contribution < -0.4 is 0 Å². The molecule has 0 radical (unpaired) electrons. The van der Waals surface area contributed by atoms with Crippen LogP contribution in [0.25, 0.3) is 76.5 Å². The van der Waals surface area contributed by atoms with Gasteiger partial charge in [-0.2, -0.15) is 0 Å². The molecule has 47 heavy (non-hydrogen) atoms. The number of hydrogen-bond donors (Lipinski definition) is 0. The van der Waals surface area contributed by atoms with Gasteiger partial charge in [-0.1, -0.05) is 176 Å². The highest BCUT2D eigenvalue weighted by atomic mass is 14.2. The van der Waals surface area contributed by atoms with Crippen molar-refractivity contribution in [1.82, 2.24) is 0 Å². The first-order chi connectivity index (χ1) is 23.3. The fraction of sp³-hybridized carbons (Fsp3) is 0.0213. The van der Waals surface area contributed by atoms with Crippen LogP contribution >= 0.6 is 0 Å². The molecule has 9 rings (SSSR count). The fourth-order valence-corrected chi connectivity index (χ4v) is 7.59. The second-order valence-corrected chi connectivity index (χ2v) is 12.4. The number of fused-ring (bicyclic) bond motifs is 5. The van der Waals surface area contributed by atoms with Crippen LogP contribution in [0.15, 0.2) is 182 Å². The summed E-state index contributed by atoms with van der Waals surface area (Å²) in [5.41, 5.74) is 10.3. The van der Waals surface area contributed by atoms with E-state index in [1.807, 2.05) is 0 Å². The Bertz CT molecular complexity index is 2520. The smallest absolute Gasteiger partial charge is 0.000728 e. The molecule has 0 bridgehead atoms. The van der Waals surface area contributed by atoms with Crippen molar-refractivity contribution in [2.75, 3.05) is 0 Å². The van der Waals surface area contributed by atoms with Crippen LogP contribution in [0.2, 0.25) is 0 Å². The summed E-state index contributed by atoms with van der Waals surface area (Å²) in [6.07, 6.45) is 0.861. The maximum atomic E-state index is 2.35. The standard InChI is InChI=1S/C47H32/c1-2-14-32(15-3-1)37-18-6-4-16-35(37)31-46-41-22-10-12-24-43(41)47(44-25-13-11-23-42(44)46)34-28-26-33(27-29-34)45-30-36-17-5-7-19-38(36)39-20-8-9-21-40(39)45/h1-30H,31H2. The van der Waals surface area contributed by atoms with Gasteiger partial charge < -0.3 is 0 Å². The molecule has 9 aromatic carbocycles. The second-order valence-electron chi connectivity index (χ2n) is 12.4. The van der Waals surface area contributed by atoms with Crippen LogP contribution in [0.3, 0.4) is 0 Å². The van der Waals surface area contributed by atoms with E-state index in [0.29, 0.717) is 0 Å². The van der Waals surface area contributed by atoms with Crippen molar-refractivity contribution in [3.8, 4) is 33.4 Å². The SMILES string of the molecule is c1ccc(-c2ccccc2Cc2c3ccccc3c(-c3ccc(-c4cc5ccccc5c5ccccc45)cc3)c3ccccc23)cc1. The van der Waals surface area contributed by atoms with E-state index in [1.54, 1.807) is 0 Å². The zero-order chi connectivity index (χ0) is 31.2. The van der Waals surface area contributed by atoms with Crippen LogP contribution in [0.1, 0.15) is 11.1 Å². The molecule has 9 aromatic rings. The Morgan fingerprint density at radius 1 is 0.298 bits per heavy atom. The molecule has 0 spiro atoms. The van der Waals surface area contributed by atoms with Gasteiger partial charge >= 0.3 is 0 Å². The molecular formula is C47H32. The predicted molar refractivity (Wildman–Crippen MR) is 202 cm³/mol. The monoisotopic (exact) mass is 596 g/mol. The molecule has 0 N–H and O–H groups in total. The minimum Gasteiger partial charge on any atom is -0.0622 e. The van der Waals surface area contributed by atoms with Crippen molar-refractivity contribution in [2.45, 2.75) is 6.42 Å². The summed E-state index contributed by atoms with van der Waals surface area (Å²) in [6, 6.07) is 66.6. The molecule has 0 heterocycles. The van der Waals surface area contributed by atoms with Gasteiger partial charge in [-0.05, 0) is 100 Å². The Morgan fingerprint density at radius 2 is 0.787 bits per heavy atom. The highest BCUT2D eigenvalue weighted by Crippen LogP contribution is 2.42. The van der Waals surface area contributed by atoms with Crippen molar-refractivity contribution in [3.63, 3.8) is 0 Å². The van der Waals surface area contributed by atoms with Crippen molar-refractivity contribution in [2.24, 2.45) is 0 Å². The Balaban J connectivity index is 1.21. The Kier molecular flexibility index (Phi) is 6.65. The molecule has 0 heteroatoms. The third-order valence-electron chi connectivity index (χ3n) is 9.77. The van der Waals surface area contributed by atoms with Gasteiger partial charge in [-0.3, -0.25) is 0 Å². The topological polar surface area (TPSA) is 0 Å². The number of benzene rings is 9. The van der Waals surface area contributed by atoms with Gasteiger partial charge in [0, 0.05) is 0 Å². The summed E-state index contributed by atoms with van der Waals surface area (Å²) < 4.78 is 0. The molecule has 0 fully saturated rings. The van der Waals surface area contributed by atoms with E-state index in [-0.39, 0.29) is 0 Å². The zero-order valence-electron chi connectivity index (χ0n) is 26.0. The third-order valence-corrected chi connectivity index (χ3v) is 9.77. The minimum absolute atomic E-state index is 0.861.